The largest absolute Gasteiger partial charge is 0.336 e. The van der Waals surface area contributed by atoms with E-state index < -0.39 is 9.29 Å². The first kappa shape index (κ1) is 10.6. The Bertz CT molecular complexity index is 132. The highest BCUT2D eigenvalue weighted by atomic mass is 35.6. The molecule has 2 nitrogen and oxygen atoms in total. The van der Waals surface area contributed by atoms with Crippen molar-refractivity contribution in [1.29, 1.82) is 0 Å². The van der Waals surface area contributed by atoms with Crippen molar-refractivity contribution in [3.05, 3.63) is 0 Å². The van der Waals surface area contributed by atoms with E-state index in [0.29, 0.717) is 0 Å². The molecule has 0 radical (unpaired) electrons. The first-order chi connectivity index (χ1) is 4.34. The number of halogens is 4. The van der Waals surface area contributed by atoms with Crippen LogP contribution in [0, 0.1) is 0 Å². The second-order valence-electron chi connectivity index (χ2n) is 1.60. The van der Waals surface area contributed by atoms with Crippen LogP contribution in [0.1, 0.15) is 6.92 Å². The number of nitrogens with one attached hydrogen (secondary N) is 1. The summed E-state index contributed by atoms with van der Waals surface area (Å²) in [5.74, 6) is -0.341. The summed E-state index contributed by atoms with van der Waals surface area (Å²) in [5, 5.41) is 2.21. The summed E-state index contributed by atoms with van der Waals surface area (Å²) in [7, 11) is 0. The van der Waals surface area contributed by atoms with Gasteiger partial charge in [-0.25, -0.2) is 0 Å². The monoisotopic (exact) mass is 223 g/mol. The van der Waals surface area contributed by atoms with E-state index in [1.165, 1.54) is 6.92 Å². The van der Waals surface area contributed by atoms with E-state index >= 15 is 0 Å². The molecule has 0 aliphatic heterocycles. The molecule has 0 aromatic carbocycles. The van der Waals surface area contributed by atoms with Crippen molar-refractivity contribution in [2.24, 2.45) is 0 Å². The topological polar surface area (TPSA) is 29.1 Å². The molecule has 0 aromatic heterocycles. The number of carbonyl (C=O) groups is 1. The highest BCUT2D eigenvalue weighted by molar-refractivity contribution is 6.70. The van der Waals surface area contributed by atoms with Gasteiger partial charge in [0.05, 0.1) is 0 Å². The summed E-state index contributed by atoms with van der Waals surface area (Å²) in [6.07, 6.45) is 0. The highest BCUT2D eigenvalue weighted by Crippen LogP contribution is 2.32. The van der Waals surface area contributed by atoms with Crippen LogP contribution < -0.4 is 5.32 Å². The molecule has 0 bridgehead atoms. The van der Waals surface area contributed by atoms with Crippen LogP contribution in [0.25, 0.3) is 0 Å². The minimum Gasteiger partial charge on any atom is -0.336 e. The first-order valence-electron chi connectivity index (χ1n) is 2.32. The molecule has 0 rings (SSSR count). The molecule has 0 fully saturated rings. The van der Waals surface area contributed by atoms with E-state index in [0.717, 1.165) is 0 Å². The van der Waals surface area contributed by atoms with Gasteiger partial charge in [-0.2, -0.15) is 0 Å². The maximum Gasteiger partial charge on any atom is 0.224 e. The summed E-state index contributed by atoms with van der Waals surface area (Å²) in [6, 6.07) is 0. The SMILES string of the molecule is CC(=O)N[C@H](Cl)C(Cl)(Cl)Cl. The standard InChI is InChI=1S/C4H5Cl4NO/c1-2(10)9-3(5)4(6,7)8/h3H,1H3,(H,9,10)/t3-/m0/s1. The molecule has 0 saturated carbocycles. The molecule has 1 atom stereocenters. The Balaban J connectivity index is 3.85. The smallest absolute Gasteiger partial charge is 0.224 e. The van der Waals surface area contributed by atoms with Gasteiger partial charge in [-0.15, -0.1) is 0 Å². The fourth-order valence-electron chi connectivity index (χ4n) is 0.260. The molecule has 0 aliphatic rings. The van der Waals surface area contributed by atoms with Crippen molar-refractivity contribution in [3.63, 3.8) is 0 Å². The average molecular weight is 225 g/mol. The predicted octanol–water partition coefficient (Wildman–Crippen LogP) is 2.06. The second-order valence-corrected chi connectivity index (χ2v) is 4.41. The zero-order chi connectivity index (χ0) is 8.36. The Morgan fingerprint density at radius 3 is 2.00 bits per heavy atom. The van der Waals surface area contributed by atoms with Gasteiger partial charge in [0.15, 0.2) is 5.50 Å². The Morgan fingerprint density at radius 2 is 1.90 bits per heavy atom. The maximum absolute atomic E-state index is 10.3. The van der Waals surface area contributed by atoms with E-state index in [-0.39, 0.29) is 5.91 Å². The number of rotatable bonds is 1. The first-order valence-corrected chi connectivity index (χ1v) is 3.89. The lowest BCUT2D eigenvalue weighted by atomic mass is 10.6. The van der Waals surface area contributed by atoms with Gasteiger partial charge in [-0.3, -0.25) is 4.79 Å². The van der Waals surface area contributed by atoms with E-state index in [4.69, 9.17) is 46.4 Å². The average Bonchev–Trinajstić information content (AvgIpc) is 1.60. The minimum atomic E-state index is -1.66. The Morgan fingerprint density at radius 1 is 1.50 bits per heavy atom. The van der Waals surface area contributed by atoms with Crippen LogP contribution >= 0.6 is 46.4 Å². The van der Waals surface area contributed by atoms with Gasteiger partial charge in [0.1, 0.15) is 0 Å². The number of hydrogen-bond acceptors (Lipinski definition) is 1. The fraction of sp³-hybridized carbons (Fsp3) is 0.750. The molecule has 0 spiro atoms. The lowest BCUT2D eigenvalue weighted by Crippen LogP contribution is -2.38. The van der Waals surface area contributed by atoms with Crippen molar-refractivity contribution >= 4 is 52.3 Å². The van der Waals surface area contributed by atoms with Gasteiger partial charge in [0.2, 0.25) is 9.70 Å². The van der Waals surface area contributed by atoms with Gasteiger partial charge >= 0.3 is 0 Å². The van der Waals surface area contributed by atoms with Crippen LogP contribution in [-0.2, 0) is 4.79 Å². The van der Waals surface area contributed by atoms with Crippen molar-refractivity contribution in [3.8, 4) is 0 Å². The van der Waals surface area contributed by atoms with E-state index in [1.54, 1.807) is 0 Å². The molecular weight excluding hydrogens is 220 g/mol. The van der Waals surface area contributed by atoms with E-state index in [2.05, 4.69) is 5.32 Å². The molecule has 10 heavy (non-hydrogen) atoms. The third kappa shape index (κ3) is 4.45. The molecule has 0 heterocycles. The number of amides is 1. The van der Waals surface area contributed by atoms with Crippen molar-refractivity contribution in [2.75, 3.05) is 0 Å². The number of alkyl halides is 4. The Kier molecular flexibility index (Phi) is 4.10. The van der Waals surface area contributed by atoms with Crippen molar-refractivity contribution in [2.45, 2.75) is 16.2 Å². The molecule has 0 saturated heterocycles. The number of hydrogen-bond donors (Lipinski definition) is 1. The minimum absolute atomic E-state index is 0.341. The van der Waals surface area contributed by atoms with Crippen molar-refractivity contribution in [1.82, 2.24) is 5.32 Å². The van der Waals surface area contributed by atoms with Crippen LogP contribution in [-0.4, -0.2) is 15.2 Å². The lowest BCUT2D eigenvalue weighted by Gasteiger charge is -2.17. The van der Waals surface area contributed by atoms with Crippen LogP contribution in [0.15, 0.2) is 0 Å². The number of carbonyl (C=O) groups excluding carboxylic acids is 1. The highest BCUT2D eigenvalue weighted by Gasteiger charge is 2.31. The predicted molar refractivity (Wildman–Crippen MR) is 43.7 cm³/mol. The normalized spacial score (nSPS) is 14.5. The summed E-state index contributed by atoms with van der Waals surface area (Å²) in [6.45, 7) is 1.28. The molecule has 0 aliphatic carbocycles. The van der Waals surface area contributed by atoms with Gasteiger partial charge in [-0.1, -0.05) is 46.4 Å². The van der Waals surface area contributed by atoms with Gasteiger partial charge in [-0.05, 0) is 0 Å². The van der Waals surface area contributed by atoms with E-state index in [9.17, 15) is 4.79 Å². The summed E-state index contributed by atoms with van der Waals surface area (Å²) < 4.78 is -1.66. The zero-order valence-corrected chi connectivity index (χ0v) is 8.02. The second kappa shape index (κ2) is 3.86. The summed E-state index contributed by atoms with van der Waals surface area (Å²) >= 11 is 21.4. The van der Waals surface area contributed by atoms with Gasteiger partial charge in [0.25, 0.3) is 0 Å². The van der Waals surface area contributed by atoms with Crippen LogP contribution in [0.5, 0.6) is 0 Å². The fourth-order valence-corrected chi connectivity index (χ4v) is 0.578. The molecule has 0 aromatic rings. The molecular formula is C4H5Cl4NO. The van der Waals surface area contributed by atoms with Gasteiger partial charge in [0, 0.05) is 6.92 Å². The van der Waals surface area contributed by atoms with Crippen molar-refractivity contribution < 1.29 is 4.79 Å². The van der Waals surface area contributed by atoms with Crippen LogP contribution in [0.2, 0.25) is 0 Å². The van der Waals surface area contributed by atoms with Crippen LogP contribution in [0.3, 0.4) is 0 Å². The Labute approximate surface area is 78.8 Å². The molecule has 1 amide bonds. The molecule has 6 heteroatoms. The zero-order valence-electron chi connectivity index (χ0n) is 5.00. The lowest BCUT2D eigenvalue weighted by molar-refractivity contribution is -0.119. The molecule has 60 valence electrons. The third-order valence-electron chi connectivity index (χ3n) is 0.617. The Hall–Kier alpha value is 0.630. The molecule has 1 N–H and O–H groups in total. The summed E-state index contributed by atoms with van der Waals surface area (Å²) in [4.78, 5) is 10.3. The quantitative estimate of drug-likeness (QED) is 0.536. The van der Waals surface area contributed by atoms with Crippen LogP contribution in [0.4, 0.5) is 0 Å². The molecule has 0 unspecified atom stereocenters. The van der Waals surface area contributed by atoms with Gasteiger partial charge < -0.3 is 5.32 Å². The summed E-state index contributed by atoms with van der Waals surface area (Å²) in [5.41, 5.74) is -0.991. The maximum atomic E-state index is 10.3. The third-order valence-corrected chi connectivity index (χ3v) is 2.04. The van der Waals surface area contributed by atoms with E-state index in [1.807, 2.05) is 0 Å².